The van der Waals surface area contributed by atoms with Gasteiger partial charge in [0, 0.05) is 42.7 Å². The average Bonchev–Trinajstić information content (AvgIpc) is 3.18. The molecule has 4 rings (SSSR count). The van der Waals surface area contributed by atoms with Crippen molar-refractivity contribution in [3.8, 4) is 0 Å². The third kappa shape index (κ3) is 2.71. The van der Waals surface area contributed by atoms with Crippen molar-refractivity contribution in [1.29, 1.82) is 0 Å². The maximum absolute atomic E-state index is 13.4. The van der Waals surface area contributed by atoms with Crippen LogP contribution in [0.2, 0.25) is 0 Å². The summed E-state index contributed by atoms with van der Waals surface area (Å²) in [5.74, 6) is -0.297. The van der Waals surface area contributed by atoms with Crippen molar-refractivity contribution in [3.05, 3.63) is 58.0 Å². The van der Waals surface area contributed by atoms with E-state index in [1.54, 1.807) is 24.3 Å². The van der Waals surface area contributed by atoms with E-state index < -0.39 is 0 Å². The fourth-order valence-corrected chi connectivity index (χ4v) is 4.48. The molecule has 6 N–H and O–H groups in total. The van der Waals surface area contributed by atoms with E-state index in [2.05, 4.69) is 10.6 Å². The van der Waals surface area contributed by atoms with E-state index in [1.165, 1.54) is 11.3 Å². The van der Waals surface area contributed by atoms with Crippen molar-refractivity contribution in [2.24, 2.45) is 11.5 Å². The summed E-state index contributed by atoms with van der Waals surface area (Å²) in [7, 11) is 0. The third-order valence-electron chi connectivity index (χ3n) is 4.67. The van der Waals surface area contributed by atoms with E-state index in [0.29, 0.717) is 59.8 Å². The molecule has 0 unspecified atom stereocenters. The zero-order valence-electron chi connectivity index (χ0n) is 14.7. The van der Waals surface area contributed by atoms with Gasteiger partial charge in [-0.25, -0.2) is 0 Å². The molecule has 27 heavy (non-hydrogen) atoms. The van der Waals surface area contributed by atoms with Crippen molar-refractivity contribution in [3.63, 3.8) is 0 Å². The molecule has 2 aromatic carbocycles. The number of ketones is 2. The molecule has 0 atom stereocenters. The zero-order valence-corrected chi connectivity index (χ0v) is 15.5. The van der Waals surface area contributed by atoms with Crippen molar-refractivity contribution < 1.29 is 9.59 Å². The largest absolute Gasteiger partial charge is 0.383 e. The van der Waals surface area contributed by atoms with Gasteiger partial charge >= 0.3 is 0 Å². The molecule has 0 spiro atoms. The monoisotopic (exact) mass is 380 g/mol. The first-order chi connectivity index (χ1) is 13.2. The lowest BCUT2D eigenvalue weighted by atomic mass is 9.81. The van der Waals surface area contributed by atoms with E-state index in [0.717, 1.165) is 10.1 Å². The summed E-state index contributed by atoms with van der Waals surface area (Å²) in [5.41, 5.74) is 14.4. The molecule has 138 valence electrons. The molecule has 0 radical (unpaired) electrons. The predicted octanol–water partition coefficient (Wildman–Crippen LogP) is 2.42. The van der Waals surface area contributed by atoms with Gasteiger partial charge in [0.1, 0.15) is 0 Å². The summed E-state index contributed by atoms with van der Waals surface area (Å²) in [6.45, 7) is 1.87. The number of anilines is 2. The quantitative estimate of drug-likeness (QED) is 0.382. The Balaban J connectivity index is 2.06. The molecule has 0 fully saturated rings. The second kappa shape index (κ2) is 7.11. The van der Waals surface area contributed by atoms with Crippen LogP contribution in [-0.4, -0.2) is 37.7 Å². The molecule has 0 amide bonds. The maximum Gasteiger partial charge on any atom is 0.196 e. The van der Waals surface area contributed by atoms with Crippen LogP contribution in [0.15, 0.2) is 35.7 Å². The Morgan fingerprint density at radius 1 is 0.815 bits per heavy atom. The number of carbonyl (C=O) groups is 2. The number of benzene rings is 2. The fourth-order valence-electron chi connectivity index (χ4n) is 3.55. The topological polar surface area (TPSA) is 110 Å². The number of nitrogens with one attached hydrogen (secondary N) is 2. The van der Waals surface area contributed by atoms with Crippen LogP contribution in [0, 0.1) is 0 Å². The van der Waals surface area contributed by atoms with Gasteiger partial charge in [-0.15, -0.1) is 11.3 Å². The molecule has 6 nitrogen and oxygen atoms in total. The van der Waals surface area contributed by atoms with E-state index in [1.807, 2.05) is 11.4 Å². The van der Waals surface area contributed by atoms with Gasteiger partial charge in [-0.2, -0.15) is 0 Å². The van der Waals surface area contributed by atoms with E-state index in [9.17, 15) is 9.59 Å². The van der Waals surface area contributed by atoms with Crippen LogP contribution in [0.4, 0.5) is 11.4 Å². The van der Waals surface area contributed by atoms with Crippen LogP contribution in [0.5, 0.6) is 0 Å². The van der Waals surface area contributed by atoms with Gasteiger partial charge in [-0.1, -0.05) is 24.3 Å². The van der Waals surface area contributed by atoms with Gasteiger partial charge < -0.3 is 22.1 Å². The second-order valence-corrected chi connectivity index (χ2v) is 7.21. The average molecular weight is 380 g/mol. The number of hydrogen-bond acceptors (Lipinski definition) is 7. The molecule has 1 aliphatic rings. The molecular weight excluding hydrogens is 360 g/mol. The Bertz CT molecular complexity index is 977. The van der Waals surface area contributed by atoms with Gasteiger partial charge in [0.25, 0.3) is 0 Å². The highest BCUT2D eigenvalue weighted by molar-refractivity contribution is 7.18. The van der Waals surface area contributed by atoms with Crippen LogP contribution >= 0.6 is 11.3 Å². The van der Waals surface area contributed by atoms with Crippen LogP contribution in [0.3, 0.4) is 0 Å². The highest BCUT2D eigenvalue weighted by Gasteiger charge is 2.35. The second-order valence-electron chi connectivity index (χ2n) is 6.30. The summed E-state index contributed by atoms with van der Waals surface area (Å²) >= 11 is 1.53. The van der Waals surface area contributed by atoms with Crippen LogP contribution in [0.25, 0.3) is 10.1 Å². The predicted molar refractivity (Wildman–Crippen MR) is 110 cm³/mol. The Morgan fingerprint density at radius 2 is 1.37 bits per heavy atom. The lowest BCUT2D eigenvalue weighted by Crippen LogP contribution is -2.26. The third-order valence-corrected chi connectivity index (χ3v) is 5.61. The summed E-state index contributed by atoms with van der Waals surface area (Å²) in [6.07, 6.45) is 0. The van der Waals surface area contributed by atoms with Crippen LogP contribution in [0.1, 0.15) is 31.8 Å². The number of fused-ring (bicyclic) bond motifs is 3. The van der Waals surface area contributed by atoms with E-state index in [4.69, 9.17) is 11.5 Å². The normalized spacial score (nSPS) is 12.8. The Labute approximate surface area is 160 Å². The summed E-state index contributed by atoms with van der Waals surface area (Å²) in [6, 6.07) is 8.93. The highest BCUT2D eigenvalue weighted by atomic mass is 32.1. The number of hydrogen-bond donors (Lipinski definition) is 4. The number of rotatable bonds is 6. The molecule has 1 aliphatic carbocycles. The lowest BCUT2D eigenvalue weighted by molar-refractivity contribution is 0.0980. The minimum Gasteiger partial charge on any atom is -0.383 e. The lowest BCUT2D eigenvalue weighted by Gasteiger charge is -2.25. The van der Waals surface area contributed by atoms with Crippen LogP contribution in [-0.2, 0) is 0 Å². The van der Waals surface area contributed by atoms with E-state index in [-0.39, 0.29) is 11.6 Å². The number of carbonyl (C=O) groups excluding carboxylic acids is 2. The molecule has 7 heteroatoms. The minimum absolute atomic E-state index is 0.147. The van der Waals surface area contributed by atoms with Gasteiger partial charge in [-0.05, 0) is 11.4 Å². The Kier molecular flexibility index (Phi) is 4.65. The zero-order chi connectivity index (χ0) is 19.0. The van der Waals surface area contributed by atoms with Crippen molar-refractivity contribution >= 4 is 44.4 Å². The smallest absolute Gasteiger partial charge is 0.196 e. The summed E-state index contributed by atoms with van der Waals surface area (Å²) < 4.78 is 0.933. The Morgan fingerprint density at radius 3 is 1.96 bits per heavy atom. The summed E-state index contributed by atoms with van der Waals surface area (Å²) in [4.78, 5) is 26.7. The first-order valence-corrected chi connectivity index (χ1v) is 9.70. The maximum atomic E-state index is 13.4. The molecule has 0 bridgehead atoms. The fraction of sp³-hybridized carbons (Fsp3) is 0.200. The molecule has 0 saturated heterocycles. The summed E-state index contributed by atoms with van der Waals surface area (Å²) in [5, 5.41) is 9.42. The molecule has 1 heterocycles. The van der Waals surface area contributed by atoms with E-state index >= 15 is 0 Å². The highest BCUT2D eigenvalue weighted by Crippen LogP contribution is 2.44. The molecular formula is C20H20N4O2S. The minimum atomic E-state index is -0.149. The van der Waals surface area contributed by atoms with Crippen molar-refractivity contribution in [2.45, 2.75) is 0 Å². The van der Waals surface area contributed by atoms with Gasteiger partial charge in [-0.3, -0.25) is 9.59 Å². The number of nitrogens with two attached hydrogens (primary N) is 2. The number of thiophene rings is 1. The van der Waals surface area contributed by atoms with Gasteiger partial charge in [0.15, 0.2) is 11.6 Å². The van der Waals surface area contributed by atoms with Crippen LogP contribution < -0.4 is 22.1 Å². The van der Waals surface area contributed by atoms with Crippen molar-refractivity contribution in [1.82, 2.24) is 0 Å². The standard InChI is InChI=1S/C20H20N4O2S/c21-6-8-23-16-13-5-10-27-20(13)17(24-9-7-22)15-14(16)18(25)11-3-1-2-4-12(11)19(15)26/h1-5,10,23-24H,6-9,21-22H2. The Hall–Kier alpha value is -2.74. The van der Waals surface area contributed by atoms with Crippen molar-refractivity contribution in [2.75, 3.05) is 36.8 Å². The van der Waals surface area contributed by atoms with Gasteiger partial charge in [0.05, 0.1) is 27.2 Å². The molecule has 3 aromatic rings. The first kappa shape index (κ1) is 17.7. The molecule has 0 aliphatic heterocycles. The first-order valence-electron chi connectivity index (χ1n) is 8.82. The van der Waals surface area contributed by atoms with Gasteiger partial charge in [0.2, 0.25) is 0 Å². The molecule has 1 aromatic heterocycles. The SMILES string of the molecule is NCCNc1c2c(c(NCCN)c3sccc13)C(=O)c1ccccc1C2=O. The molecule has 0 saturated carbocycles.